The molecular weight excluding hydrogens is 198 g/mol. The minimum absolute atomic E-state index is 0. The van der Waals surface area contributed by atoms with Crippen LogP contribution in [-0.2, 0) is 0 Å². The summed E-state index contributed by atoms with van der Waals surface area (Å²) in [4.78, 5) is 2.35. The molecule has 1 rings (SSSR count). The minimum Gasteiger partial charge on any atom is -0.494 e. The van der Waals surface area contributed by atoms with E-state index in [4.69, 9.17) is 4.74 Å². The molecule has 0 saturated heterocycles. The summed E-state index contributed by atoms with van der Waals surface area (Å²) in [5.41, 5.74) is 0. The number of para-hydroxylation sites is 1. The highest BCUT2D eigenvalue weighted by atomic mass is 16.5. The van der Waals surface area contributed by atoms with Crippen LogP contribution in [0.1, 0.15) is 27.6 Å². The van der Waals surface area contributed by atoms with Crippen LogP contribution in [-0.4, -0.2) is 31.6 Å². The highest BCUT2D eigenvalue weighted by molar-refractivity contribution is 5.20. The van der Waals surface area contributed by atoms with Crippen LogP contribution >= 0.6 is 0 Å². The molecule has 0 aliphatic rings. The molecule has 0 fully saturated rings. The van der Waals surface area contributed by atoms with Crippen LogP contribution in [0.4, 0.5) is 0 Å². The minimum atomic E-state index is 0. The van der Waals surface area contributed by atoms with Crippen LogP contribution in [0.2, 0.25) is 0 Å². The monoisotopic (exact) mass is 222 g/mol. The van der Waals surface area contributed by atoms with Crippen molar-refractivity contribution in [2.45, 2.75) is 26.2 Å². The summed E-state index contributed by atoms with van der Waals surface area (Å²) in [6, 6.07) is 10.0. The highest BCUT2D eigenvalue weighted by Gasteiger charge is 1.95. The van der Waals surface area contributed by atoms with Crippen molar-refractivity contribution in [2.75, 3.05) is 26.7 Å². The third-order valence-corrected chi connectivity index (χ3v) is 2.74. The number of nitrogens with zero attached hydrogens (tertiary/aromatic N) is 1. The lowest BCUT2D eigenvalue weighted by molar-refractivity contribution is 0.293. The number of ether oxygens (including phenoxy) is 1. The molecule has 0 atom stereocenters. The second kappa shape index (κ2) is 8.17. The quantitative estimate of drug-likeness (QED) is 0.626. The standard InChI is InChI=1S/C14H23NO/c1-3-15(2)12-8-5-9-13-16-14-10-6-4-7-11-14/h4,6-7,10-11H,3,5,8-9,12-13H2,1-2H3/p+1. The second-order valence-electron chi connectivity index (χ2n) is 4.12. The molecule has 0 heterocycles. The third kappa shape index (κ3) is 5.76. The van der Waals surface area contributed by atoms with Gasteiger partial charge in [-0.2, -0.15) is 0 Å². The molecule has 0 amide bonds. The fourth-order valence-corrected chi connectivity index (χ4v) is 1.53. The Hall–Kier alpha value is -1.02. The smallest absolute Gasteiger partial charge is 0.494 e. The Morgan fingerprint density at radius 3 is 2.56 bits per heavy atom. The van der Waals surface area contributed by atoms with Gasteiger partial charge in [-0.1, -0.05) is 25.1 Å². The molecule has 0 spiro atoms. The van der Waals surface area contributed by atoms with Crippen molar-refractivity contribution in [2.24, 2.45) is 0 Å². The first-order valence-electron chi connectivity index (χ1n) is 6.19. The molecular formula is C14H24NO+. The Morgan fingerprint density at radius 2 is 1.88 bits per heavy atom. The highest BCUT2D eigenvalue weighted by Crippen LogP contribution is 2.09. The molecule has 0 saturated carbocycles. The van der Waals surface area contributed by atoms with E-state index in [1.165, 1.54) is 19.4 Å². The molecule has 2 heteroatoms. The van der Waals surface area contributed by atoms with Crippen molar-refractivity contribution in [1.29, 1.82) is 0 Å². The lowest BCUT2D eigenvalue weighted by Crippen LogP contribution is -2.18. The van der Waals surface area contributed by atoms with Gasteiger partial charge in [0.15, 0.2) is 0 Å². The lowest BCUT2D eigenvalue weighted by Gasteiger charge is -2.13. The van der Waals surface area contributed by atoms with Crippen molar-refractivity contribution in [3.63, 3.8) is 0 Å². The van der Waals surface area contributed by atoms with E-state index >= 15 is 0 Å². The fourth-order valence-electron chi connectivity index (χ4n) is 1.53. The van der Waals surface area contributed by atoms with Crippen LogP contribution in [0.5, 0.6) is 5.75 Å². The Balaban J connectivity index is 0.00000256. The van der Waals surface area contributed by atoms with E-state index in [2.05, 4.69) is 18.9 Å². The van der Waals surface area contributed by atoms with Gasteiger partial charge in [-0.25, -0.2) is 0 Å². The van der Waals surface area contributed by atoms with Gasteiger partial charge in [0.2, 0.25) is 0 Å². The average molecular weight is 222 g/mol. The number of unbranched alkanes of at least 4 members (excludes halogenated alkanes) is 2. The van der Waals surface area contributed by atoms with Gasteiger partial charge in [-0.3, -0.25) is 0 Å². The number of rotatable bonds is 8. The fraction of sp³-hybridized carbons (Fsp3) is 0.571. The lowest BCUT2D eigenvalue weighted by atomic mass is 10.2. The van der Waals surface area contributed by atoms with Crippen LogP contribution in [0.15, 0.2) is 30.3 Å². The number of benzene rings is 1. The first-order valence-corrected chi connectivity index (χ1v) is 6.19. The maximum atomic E-state index is 5.63. The molecule has 0 bridgehead atoms. The number of hydrogen-bond acceptors (Lipinski definition) is 2. The van der Waals surface area contributed by atoms with Gasteiger partial charge >= 0.3 is 1.43 Å². The predicted octanol–water partition coefficient (Wildman–Crippen LogP) is 3.30. The first-order chi connectivity index (χ1) is 7.83. The zero-order valence-electron chi connectivity index (χ0n) is 11.5. The van der Waals surface area contributed by atoms with Crippen molar-refractivity contribution in [1.82, 2.24) is 4.90 Å². The Morgan fingerprint density at radius 1 is 1.12 bits per heavy atom. The molecule has 0 N–H and O–H groups in total. The summed E-state index contributed by atoms with van der Waals surface area (Å²) in [6.07, 6.45) is 3.66. The zero-order chi connectivity index (χ0) is 11.6. The van der Waals surface area contributed by atoms with E-state index in [-0.39, 0.29) is 1.43 Å². The normalized spacial score (nSPS) is 10.7. The molecule has 0 aliphatic carbocycles. The van der Waals surface area contributed by atoms with E-state index in [1.54, 1.807) is 0 Å². The molecule has 1 aromatic carbocycles. The predicted molar refractivity (Wildman–Crippen MR) is 70.1 cm³/mol. The van der Waals surface area contributed by atoms with Crippen molar-refractivity contribution >= 4 is 0 Å². The second-order valence-corrected chi connectivity index (χ2v) is 4.12. The molecule has 16 heavy (non-hydrogen) atoms. The summed E-state index contributed by atoms with van der Waals surface area (Å²) in [5.74, 6) is 0.980. The summed E-state index contributed by atoms with van der Waals surface area (Å²) in [6.45, 7) is 5.36. The van der Waals surface area contributed by atoms with Crippen molar-refractivity contribution < 1.29 is 6.16 Å². The maximum Gasteiger partial charge on any atom is 1.00 e. The number of hydrogen-bond donors (Lipinski definition) is 0. The van der Waals surface area contributed by atoms with E-state index in [1.807, 2.05) is 30.3 Å². The first kappa shape index (κ1) is 13.0. The van der Waals surface area contributed by atoms with E-state index < -0.39 is 0 Å². The molecule has 0 aliphatic heterocycles. The molecule has 0 radical (unpaired) electrons. The SMILES string of the molecule is CCN(C)CCCCCOc1ccccc1.[H+]. The van der Waals surface area contributed by atoms with Gasteiger partial charge in [0.1, 0.15) is 5.75 Å². The van der Waals surface area contributed by atoms with Crippen molar-refractivity contribution in [3.05, 3.63) is 30.3 Å². The van der Waals surface area contributed by atoms with E-state index in [0.717, 1.165) is 25.3 Å². The Labute approximate surface area is 101 Å². The Bertz CT molecular complexity index is 266. The maximum absolute atomic E-state index is 5.63. The molecule has 2 nitrogen and oxygen atoms in total. The Kier molecular flexibility index (Phi) is 6.66. The molecule has 1 aromatic rings. The van der Waals surface area contributed by atoms with Gasteiger partial charge in [0, 0.05) is 0 Å². The molecule has 0 unspecified atom stereocenters. The molecule has 90 valence electrons. The topological polar surface area (TPSA) is 12.5 Å². The summed E-state index contributed by atoms with van der Waals surface area (Å²) in [5, 5.41) is 0. The van der Waals surface area contributed by atoms with Crippen LogP contribution in [0.3, 0.4) is 0 Å². The van der Waals surface area contributed by atoms with Crippen molar-refractivity contribution in [3.8, 4) is 5.75 Å². The van der Waals surface area contributed by atoms with E-state index in [0.29, 0.717) is 0 Å². The van der Waals surface area contributed by atoms with Gasteiger partial charge in [0.05, 0.1) is 6.61 Å². The summed E-state index contributed by atoms with van der Waals surface area (Å²) >= 11 is 0. The molecule has 0 aromatic heterocycles. The van der Waals surface area contributed by atoms with Crippen LogP contribution < -0.4 is 4.74 Å². The van der Waals surface area contributed by atoms with Gasteiger partial charge in [0.25, 0.3) is 0 Å². The largest absolute Gasteiger partial charge is 1.00 e. The van der Waals surface area contributed by atoms with Gasteiger partial charge in [-0.15, -0.1) is 0 Å². The van der Waals surface area contributed by atoms with E-state index in [9.17, 15) is 0 Å². The summed E-state index contributed by atoms with van der Waals surface area (Å²) in [7, 11) is 2.17. The summed E-state index contributed by atoms with van der Waals surface area (Å²) < 4.78 is 5.63. The third-order valence-electron chi connectivity index (χ3n) is 2.74. The van der Waals surface area contributed by atoms with Gasteiger partial charge in [-0.05, 0) is 51.5 Å². The van der Waals surface area contributed by atoms with Gasteiger partial charge < -0.3 is 9.64 Å². The van der Waals surface area contributed by atoms with Crippen LogP contribution in [0, 0.1) is 0 Å². The van der Waals surface area contributed by atoms with Crippen LogP contribution in [0.25, 0.3) is 0 Å². The average Bonchev–Trinajstić information content (AvgIpc) is 2.34. The zero-order valence-corrected chi connectivity index (χ0v) is 10.5.